The molecule has 2 heterocycles. The van der Waals surface area contributed by atoms with Crippen LogP contribution in [0.4, 0.5) is 11.4 Å². The summed E-state index contributed by atoms with van der Waals surface area (Å²) in [6.07, 6.45) is 8.24. The Hall–Kier alpha value is -3.65. The molecular weight excluding hydrogens is 420 g/mol. The Kier molecular flexibility index (Phi) is 6.81. The zero-order valence-corrected chi connectivity index (χ0v) is 19.0. The van der Waals surface area contributed by atoms with E-state index in [2.05, 4.69) is 71.1 Å². The van der Waals surface area contributed by atoms with Gasteiger partial charge in [0.05, 0.1) is 36.5 Å². The van der Waals surface area contributed by atoms with Crippen LogP contribution in [-0.2, 0) is 19.7 Å². The number of benzene rings is 2. The lowest BCUT2D eigenvalue weighted by atomic mass is 10.1. The summed E-state index contributed by atoms with van der Waals surface area (Å²) >= 11 is 5.42. The van der Waals surface area contributed by atoms with Crippen LogP contribution in [0.15, 0.2) is 73.3 Å². The minimum Gasteiger partial charge on any atom is -0.471 e. The molecule has 164 valence electrons. The molecule has 0 unspecified atom stereocenters. The smallest absolute Gasteiger partial charge is 0.180 e. The van der Waals surface area contributed by atoms with Gasteiger partial charge in [0.25, 0.3) is 0 Å². The molecule has 0 atom stereocenters. The zero-order valence-electron chi connectivity index (χ0n) is 18.2. The number of hydrogen-bond donors (Lipinski definition) is 2. The number of rotatable bonds is 8. The van der Waals surface area contributed by atoms with Crippen molar-refractivity contribution < 1.29 is 4.74 Å². The van der Waals surface area contributed by atoms with Crippen LogP contribution in [0, 0.1) is 6.92 Å². The summed E-state index contributed by atoms with van der Waals surface area (Å²) in [5.41, 5.74) is 5.32. The van der Waals surface area contributed by atoms with Crippen LogP contribution in [0.2, 0.25) is 0 Å². The summed E-state index contributed by atoms with van der Waals surface area (Å²) in [5.74, 6) is 0.812. The highest BCUT2D eigenvalue weighted by molar-refractivity contribution is 7.80. The predicted octanol–water partition coefficient (Wildman–Crippen LogP) is 4.84. The van der Waals surface area contributed by atoms with Crippen LogP contribution < -0.4 is 15.4 Å². The third-order valence-corrected chi connectivity index (χ3v) is 5.15. The second kappa shape index (κ2) is 10.1. The van der Waals surface area contributed by atoms with Crippen molar-refractivity contribution in [2.45, 2.75) is 33.5 Å². The van der Waals surface area contributed by atoms with Crippen LogP contribution >= 0.6 is 12.2 Å². The second-order valence-corrected chi connectivity index (χ2v) is 7.94. The number of ether oxygens (including phenoxy) is 1. The molecule has 32 heavy (non-hydrogen) atoms. The van der Waals surface area contributed by atoms with Gasteiger partial charge in [-0.1, -0.05) is 48.9 Å². The van der Waals surface area contributed by atoms with E-state index in [9.17, 15) is 0 Å². The number of aromatic nitrogens is 4. The maximum atomic E-state index is 5.78. The van der Waals surface area contributed by atoms with Crippen molar-refractivity contribution in [2.24, 2.45) is 0 Å². The molecule has 4 aromatic rings. The van der Waals surface area contributed by atoms with Gasteiger partial charge in [-0.05, 0) is 48.8 Å². The molecular formula is C24H26N6OS. The van der Waals surface area contributed by atoms with E-state index in [-0.39, 0.29) is 0 Å². The largest absolute Gasteiger partial charge is 0.471 e. The van der Waals surface area contributed by atoms with Crippen molar-refractivity contribution in [1.82, 2.24) is 19.6 Å². The molecule has 0 aliphatic carbocycles. The van der Waals surface area contributed by atoms with Crippen LogP contribution in [0.5, 0.6) is 5.75 Å². The van der Waals surface area contributed by atoms with E-state index in [1.807, 2.05) is 29.2 Å². The Morgan fingerprint density at radius 3 is 2.12 bits per heavy atom. The van der Waals surface area contributed by atoms with Crippen LogP contribution in [-0.4, -0.2) is 24.7 Å². The molecule has 2 aromatic carbocycles. The molecule has 4 rings (SSSR count). The van der Waals surface area contributed by atoms with Crippen molar-refractivity contribution in [1.29, 1.82) is 0 Å². The second-order valence-electron chi connectivity index (χ2n) is 7.53. The molecule has 8 heteroatoms. The Bertz CT molecular complexity index is 1160. The summed E-state index contributed by atoms with van der Waals surface area (Å²) in [6, 6.07) is 16.5. The molecule has 0 saturated carbocycles. The summed E-state index contributed by atoms with van der Waals surface area (Å²) in [6.45, 7) is 5.23. The van der Waals surface area contributed by atoms with E-state index >= 15 is 0 Å². The van der Waals surface area contributed by atoms with Gasteiger partial charge in [-0.3, -0.25) is 4.68 Å². The van der Waals surface area contributed by atoms with E-state index in [0.29, 0.717) is 18.4 Å². The minimum atomic E-state index is 0.319. The lowest BCUT2D eigenvalue weighted by molar-refractivity contribution is 0.221. The molecule has 0 spiro atoms. The molecule has 0 amide bonds. The highest BCUT2D eigenvalue weighted by atomic mass is 32.1. The van der Waals surface area contributed by atoms with Crippen molar-refractivity contribution in [3.63, 3.8) is 0 Å². The summed E-state index contributed by atoms with van der Waals surface area (Å²) in [5, 5.41) is 15.5. The fourth-order valence-corrected chi connectivity index (χ4v) is 3.39. The van der Waals surface area contributed by atoms with Crippen LogP contribution in [0.3, 0.4) is 0 Å². The molecule has 7 nitrogen and oxygen atoms in total. The highest BCUT2D eigenvalue weighted by Crippen LogP contribution is 2.14. The number of aryl methyl sites for hydroxylation is 2. The molecule has 0 bridgehead atoms. The normalized spacial score (nSPS) is 10.7. The quantitative estimate of drug-likeness (QED) is 0.377. The Morgan fingerprint density at radius 2 is 1.47 bits per heavy atom. The van der Waals surface area contributed by atoms with Gasteiger partial charge in [0.15, 0.2) is 11.8 Å². The van der Waals surface area contributed by atoms with Crippen molar-refractivity contribution in [2.75, 3.05) is 10.6 Å². The van der Waals surface area contributed by atoms with E-state index in [1.165, 1.54) is 16.7 Å². The van der Waals surface area contributed by atoms with E-state index < -0.39 is 0 Å². The number of anilines is 2. The Balaban J connectivity index is 1.26. The standard InChI is InChI=1S/C24H26N6OS/c1-3-19-8-10-23(11-9-19)31-17-30-16-22(13-26-30)28-24(32)27-21-12-25-29(15-21)14-20-6-4-18(2)5-7-20/h4-13,15-16H,3,14,17H2,1-2H3,(H2,27,28,32). The maximum Gasteiger partial charge on any atom is 0.180 e. The first-order valence-corrected chi connectivity index (χ1v) is 10.9. The lowest BCUT2D eigenvalue weighted by Gasteiger charge is -2.07. The first-order chi connectivity index (χ1) is 15.6. The van der Waals surface area contributed by atoms with Crippen LogP contribution in [0.1, 0.15) is 23.6 Å². The van der Waals surface area contributed by atoms with Gasteiger partial charge in [-0.2, -0.15) is 10.2 Å². The molecule has 0 fully saturated rings. The van der Waals surface area contributed by atoms with Gasteiger partial charge in [0, 0.05) is 6.20 Å². The summed E-state index contributed by atoms with van der Waals surface area (Å²) < 4.78 is 9.36. The molecule has 2 N–H and O–H groups in total. The Morgan fingerprint density at radius 1 is 0.875 bits per heavy atom. The average Bonchev–Trinajstić information content (AvgIpc) is 3.43. The number of hydrogen-bond acceptors (Lipinski definition) is 4. The molecule has 0 aliphatic heterocycles. The van der Waals surface area contributed by atoms with E-state index in [1.54, 1.807) is 17.1 Å². The van der Waals surface area contributed by atoms with Gasteiger partial charge >= 0.3 is 0 Å². The average molecular weight is 447 g/mol. The first-order valence-electron chi connectivity index (χ1n) is 10.5. The SMILES string of the molecule is CCc1ccc(OCn2cc(NC(=S)Nc3cnn(Cc4ccc(C)cc4)c3)cn2)cc1. The van der Waals surface area contributed by atoms with E-state index in [4.69, 9.17) is 17.0 Å². The molecule has 2 aromatic heterocycles. The monoisotopic (exact) mass is 446 g/mol. The van der Waals surface area contributed by atoms with Gasteiger partial charge < -0.3 is 15.4 Å². The van der Waals surface area contributed by atoms with Crippen molar-refractivity contribution in [3.8, 4) is 5.75 Å². The van der Waals surface area contributed by atoms with Crippen molar-refractivity contribution >= 4 is 28.7 Å². The lowest BCUT2D eigenvalue weighted by Crippen LogP contribution is -2.18. The third kappa shape index (κ3) is 5.95. The summed E-state index contributed by atoms with van der Waals surface area (Å²) in [4.78, 5) is 0. The minimum absolute atomic E-state index is 0.319. The predicted molar refractivity (Wildman–Crippen MR) is 131 cm³/mol. The zero-order chi connectivity index (χ0) is 22.3. The molecule has 0 radical (unpaired) electrons. The van der Waals surface area contributed by atoms with Gasteiger partial charge in [0.2, 0.25) is 0 Å². The van der Waals surface area contributed by atoms with Crippen molar-refractivity contribution in [3.05, 3.63) is 90.0 Å². The van der Waals surface area contributed by atoms with Crippen LogP contribution in [0.25, 0.3) is 0 Å². The number of nitrogens with zero attached hydrogens (tertiary/aromatic N) is 4. The summed E-state index contributed by atoms with van der Waals surface area (Å²) in [7, 11) is 0. The fourth-order valence-electron chi connectivity index (χ4n) is 3.15. The molecule has 0 aliphatic rings. The van der Waals surface area contributed by atoms with Gasteiger partial charge in [0.1, 0.15) is 5.75 Å². The van der Waals surface area contributed by atoms with Gasteiger partial charge in [-0.15, -0.1) is 0 Å². The van der Waals surface area contributed by atoms with Gasteiger partial charge in [-0.25, -0.2) is 4.68 Å². The number of nitrogens with one attached hydrogen (secondary N) is 2. The first kappa shape index (κ1) is 21.6. The topological polar surface area (TPSA) is 68.9 Å². The maximum absolute atomic E-state index is 5.78. The Labute approximate surface area is 193 Å². The highest BCUT2D eigenvalue weighted by Gasteiger charge is 2.05. The molecule has 0 saturated heterocycles. The number of thiocarbonyl (C=S) groups is 1. The van der Waals surface area contributed by atoms with E-state index in [0.717, 1.165) is 23.5 Å². The fraction of sp³-hybridized carbons (Fsp3) is 0.208. The third-order valence-electron chi connectivity index (χ3n) is 4.94.